The number of carbonyl (C=O) groups is 1. The molecule has 0 spiro atoms. The summed E-state index contributed by atoms with van der Waals surface area (Å²) in [5.41, 5.74) is 1.35. The van der Waals surface area contributed by atoms with Crippen molar-refractivity contribution in [2.24, 2.45) is 0 Å². The van der Waals surface area contributed by atoms with Gasteiger partial charge in [-0.1, -0.05) is 12.1 Å². The van der Waals surface area contributed by atoms with Crippen LogP contribution in [-0.4, -0.2) is 33.7 Å². The lowest BCUT2D eigenvalue weighted by Crippen LogP contribution is -2.37. The van der Waals surface area contributed by atoms with Crippen LogP contribution in [-0.2, 0) is 24.3 Å². The van der Waals surface area contributed by atoms with Gasteiger partial charge < -0.3 is 19.7 Å². The third kappa shape index (κ3) is 3.11. The number of benzene rings is 1. The van der Waals surface area contributed by atoms with Crippen LogP contribution in [0.1, 0.15) is 33.5 Å². The van der Waals surface area contributed by atoms with Crippen molar-refractivity contribution < 1.29 is 14.6 Å². The number of para-hydroxylation sites is 1. The highest BCUT2D eigenvalue weighted by Crippen LogP contribution is 2.29. The van der Waals surface area contributed by atoms with E-state index in [1.54, 1.807) is 11.5 Å². The molecular weight excluding hydrogens is 366 g/mol. The number of rotatable bonds is 4. The van der Waals surface area contributed by atoms with Crippen molar-refractivity contribution in [1.29, 1.82) is 0 Å². The van der Waals surface area contributed by atoms with E-state index in [0.29, 0.717) is 30.8 Å². The molecule has 0 saturated heterocycles. The van der Waals surface area contributed by atoms with Crippen LogP contribution in [0.5, 0.6) is 5.75 Å². The molecule has 3 aromatic rings. The number of nitrogens with zero attached hydrogens (tertiary/aromatic N) is 2. The Hall–Kier alpha value is -2.71. The van der Waals surface area contributed by atoms with Gasteiger partial charge in [0.05, 0.1) is 30.0 Å². The van der Waals surface area contributed by atoms with E-state index in [4.69, 9.17) is 4.74 Å². The molecule has 8 heteroatoms. The molecule has 0 radical (unpaired) electrons. The van der Waals surface area contributed by atoms with Crippen LogP contribution in [0.15, 0.2) is 29.1 Å². The molecule has 0 atom stereocenters. The Morgan fingerprint density at radius 2 is 2.22 bits per heavy atom. The van der Waals surface area contributed by atoms with Gasteiger partial charge in [-0.3, -0.25) is 9.59 Å². The first kappa shape index (κ1) is 17.7. The highest BCUT2D eigenvalue weighted by molar-refractivity contribution is 7.18. The Morgan fingerprint density at radius 1 is 1.41 bits per heavy atom. The fourth-order valence-electron chi connectivity index (χ4n) is 3.33. The third-order valence-electron chi connectivity index (χ3n) is 4.58. The van der Waals surface area contributed by atoms with Gasteiger partial charge in [0.15, 0.2) is 0 Å². The molecule has 1 aromatic carbocycles. The summed E-state index contributed by atoms with van der Waals surface area (Å²) in [6.45, 7) is 3.02. The highest BCUT2D eigenvalue weighted by atomic mass is 32.1. The first-order valence-corrected chi connectivity index (χ1v) is 9.59. The average molecular weight is 385 g/mol. The molecule has 0 fully saturated rings. The summed E-state index contributed by atoms with van der Waals surface area (Å²) < 4.78 is 8.04. The van der Waals surface area contributed by atoms with Gasteiger partial charge >= 0.3 is 0 Å². The van der Waals surface area contributed by atoms with Crippen LogP contribution < -0.4 is 10.9 Å². The number of amides is 1. The zero-order chi connectivity index (χ0) is 19.0. The SMILES string of the molecule is CCNC(=O)c1c(O)c2c(n(Cc3nc4ccccc4s3)c1=O)CCOC2. The second-order valence-corrected chi connectivity index (χ2v) is 7.39. The van der Waals surface area contributed by atoms with Crippen molar-refractivity contribution in [3.05, 3.63) is 56.4 Å². The summed E-state index contributed by atoms with van der Waals surface area (Å²) in [7, 11) is 0. The van der Waals surface area contributed by atoms with Crippen LogP contribution in [0.3, 0.4) is 0 Å². The monoisotopic (exact) mass is 385 g/mol. The molecule has 3 heterocycles. The molecule has 140 valence electrons. The summed E-state index contributed by atoms with van der Waals surface area (Å²) in [6, 6.07) is 7.78. The molecule has 1 aliphatic heterocycles. The Bertz CT molecular complexity index is 1050. The molecule has 4 rings (SSSR count). The van der Waals surface area contributed by atoms with E-state index >= 15 is 0 Å². The van der Waals surface area contributed by atoms with Crippen molar-refractivity contribution in [3.63, 3.8) is 0 Å². The zero-order valence-electron chi connectivity index (χ0n) is 14.8. The van der Waals surface area contributed by atoms with Crippen molar-refractivity contribution in [2.75, 3.05) is 13.2 Å². The molecule has 2 aromatic heterocycles. The first-order valence-electron chi connectivity index (χ1n) is 8.78. The number of aromatic hydroxyl groups is 1. The Balaban J connectivity index is 1.86. The average Bonchev–Trinajstić information content (AvgIpc) is 3.08. The van der Waals surface area contributed by atoms with Crippen molar-refractivity contribution in [1.82, 2.24) is 14.9 Å². The molecule has 0 saturated carbocycles. The van der Waals surface area contributed by atoms with E-state index in [1.807, 2.05) is 24.3 Å². The molecule has 0 unspecified atom stereocenters. The molecule has 0 bridgehead atoms. The van der Waals surface area contributed by atoms with E-state index < -0.39 is 11.5 Å². The number of carbonyl (C=O) groups excluding carboxylic acids is 1. The van der Waals surface area contributed by atoms with Crippen molar-refractivity contribution in [2.45, 2.75) is 26.5 Å². The fraction of sp³-hybridized carbons (Fsp3) is 0.316. The molecule has 0 aliphatic carbocycles. The summed E-state index contributed by atoms with van der Waals surface area (Å²) in [5, 5.41) is 13.9. The van der Waals surface area contributed by atoms with E-state index in [0.717, 1.165) is 15.2 Å². The van der Waals surface area contributed by atoms with E-state index in [-0.39, 0.29) is 24.5 Å². The van der Waals surface area contributed by atoms with Gasteiger partial charge in [0.1, 0.15) is 16.3 Å². The number of hydrogen-bond acceptors (Lipinski definition) is 6. The van der Waals surface area contributed by atoms with Crippen LogP contribution in [0, 0.1) is 0 Å². The smallest absolute Gasteiger partial charge is 0.267 e. The van der Waals surface area contributed by atoms with Gasteiger partial charge in [-0.05, 0) is 19.1 Å². The minimum atomic E-state index is -0.577. The van der Waals surface area contributed by atoms with Gasteiger partial charge in [-0.2, -0.15) is 0 Å². The molecule has 1 aliphatic rings. The molecular formula is C19H19N3O4S. The number of aromatic nitrogens is 2. The first-order chi connectivity index (χ1) is 13.1. The standard InChI is InChI=1S/C19H19N3O4S/c1-2-20-18(24)16-17(23)11-10-26-8-7-13(11)22(19(16)25)9-15-21-12-5-3-4-6-14(12)27-15/h3-6,23H,2,7-10H2,1H3,(H,20,24). The maximum atomic E-state index is 13.1. The minimum Gasteiger partial charge on any atom is -0.506 e. The van der Waals surface area contributed by atoms with Crippen LogP contribution in [0.25, 0.3) is 10.2 Å². The normalized spacial score (nSPS) is 13.5. The van der Waals surface area contributed by atoms with E-state index in [2.05, 4.69) is 10.3 Å². The summed E-state index contributed by atoms with van der Waals surface area (Å²) in [5.74, 6) is -0.854. The van der Waals surface area contributed by atoms with Gasteiger partial charge in [0.2, 0.25) is 0 Å². The predicted molar refractivity (Wildman–Crippen MR) is 102 cm³/mol. The summed E-state index contributed by atoms with van der Waals surface area (Å²) in [4.78, 5) is 30.1. The number of fused-ring (bicyclic) bond motifs is 2. The Labute approximate surface area is 159 Å². The quantitative estimate of drug-likeness (QED) is 0.717. The number of nitrogens with one attached hydrogen (secondary N) is 1. The van der Waals surface area contributed by atoms with Gasteiger partial charge in [-0.25, -0.2) is 4.98 Å². The largest absolute Gasteiger partial charge is 0.506 e. The number of hydrogen-bond donors (Lipinski definition) is 2. The number of thiazole rings is 1. The fourth-order valence-corrected chi connectivity index (χ4v) is 4.29. The van der Waals surface area contributed by atoms with Crippen molar-refractivity contribution in [3.8, 4) is 5.75 Å². The zero-order valence-corrected chi connectivity index (χ0v) is 15.6. The topological polar surface area (TPSA) is 93.5 Å². The maximum Gasteiger partial charge on any atom is 0.267 e. The third-order valence-corrected chi connectivity index (χ3v) is 5.60. The van der Waals surface area contributed by atoms with E-state index in [9.17, 15) is 14.7 Å². The van der Waals surface area contributed by atoms with Crippen LogP contribution >= 0.6 is 11.3 Å². The lowest BCUT2D eigenvalue weighted by molar-refractivity contribution is 0.0940. The second-order valence-electron chi connectivity index (χ2n) is 6.28. The lowest BCUT2D eigenvalue weighted by atomic mass is 10.0. The van der Waals surface area contributed by atoms with Gasteiger partial charge in [0, 0.05) is 24.2 Å². The number of ether oxygens (including phenoxy) is 1. The summed E-state index contributed by atoms with van der Waals surface area (Å²) in [6.07, 6.45) is 0.499. The van der Waals surface area contributed by atoms with Crippen LogP contribution in [0.4, 0.5) is 0 Å². The highest BCUT2D eigenvalue weighted by Gasteiger charge is 2.27. The van der Waals surface area contributed by atoms with E-state index in [1.165, 1.54) is 11.3 Å². The number of pyridine rings is 1. The maximum absolute atomic E-state index is 13.1. The molecule has 1 amide bonds. The molecule has 2 N–H and O–H groups in total. The minimum absolute atomic E-state index is 0.174. The summed E-state index contributed by atoms with van der Waals surface area (Å²) >= 11 is 1.52. The second kappa shape index (κ2) is 7.13. The predicted octanol–water partition coefficient (Wildman–Crippen LogP) is 2.03. The molecule has 7 nitrogen and oxygen atoms in total. The Kier molecular flexibility index (Phi) is 4.67. The van der Waals surface area contributed by atoms with Crippen LogP contribution in [0.2, 0.25) is 0 Å². The lowest BCUT2D eigenvalue weighted by Gasteiger charge is -2.23. The molecule has 27 heavy (non-hydrogen) atoms. The van der Waals surface area contributed by atoms with Gasteiger partial charge in [0.25, 0.3) is 11.5 Å². The van der Waals surface area contributed by atoms with Crippen molar-refractivity contribution >= 4 is 27.5 Å². The Morgan fingerprint density at radius 3 is 3.00 bits per heavy atom. The van der Waals surface area contributed by atoms with Gasteiger partial charge in [-0.15, -0.1) is 11.3 Å².